The van der Waals surface area contributed by atoms with Gasteiger partial charge in [-0.05, 0) is 67.8 Å². The average Bonchev–Trinajstić information content (AvgIpc) is 3.20. The molecule has 0 aliphatic heterocycles. The van der Waals surface area contributed by atoms with Crippen molar-refractivity contribution >= 4 is 54.9 Å². The third-order valence-electron chi connectivity index (χ3n) is 5.96. The van der Waals surface area contributed by atoms with Crippen LogP contribution in [0.4, 0.5) is 5.69 Å². The van der Waals surface area contributed by atoms with Gasteiger partial charge in [-0.2, -0.15) is 0 Å². The maximum Gasteiger partial charge on any atom is 0.260 e. The van der Waals surface area contributed by atoms with Gasteiger partial charge in [0.1, 0.15) is 4.83 Å². The molecule has 0 atom stereocenters. The normalized spacial score (nSPS) is 11.5. The molecule has 0 aliphatic rings. The highest BCUT2D eigenvalue weighted by Crippen LogP contribution is 2.28. The summed E-state index contributed by atoms with van der Waals surface area (Å²) in [7, 11) is -0.644. The Bertz CT molecular complexity index is 1660. The molecular formula is C26H28N4O6S3. The average molecular weight is 589 g/mol. The smallest absolute Gasteiger partial charge is 0.260 e. The molecule has 0 unspecified atom stereocenters. The maximum absolute atomic E-state index is 12.7. The highest BCUT2D eigenvalue weighted by atomic mass is 32.2. The quantitative estimate of drug-likeness (QED) is 0.177. The molecule has 206 valence electrons. The number of aromatic amines is 1. The van der Waals surface area contributed by atoms with Crippen LogP contribution >= 0.6 is 23.1 Å². The van der Waals surface area contributed by atoms with Crippen LogP contribution in [0.2, 0.25) is 0 Å². The van der Waals surface area contributed by atoms with Crippen LogP contribution in [0.1, 0.15) is 16.0 Å². The topological polar surface area (TPSA) is 139 Å². The second-order valence-electron chi connectivity index (χ2n) is 8.53. The summed E-state index contributed by atoms with van der Waals surface area (Å²) in [6.07, 6.45) is 0.462. The number of hydrogen-bond donors (Lipinski definition) is 3. The van der Waals surface area contributed by atoms with Crippen LogP contribution in [-0.2, 0) is 21.2 Å². The van der Waals surface area contributed by atoms with E-state index in [1.807, 2.05) is 19.9 Å². The van der Waals surface area contributed by atoms with E-state index in [0.717, 1.165) is 27.8 Å². The number of thiophene rings is 1. The van der Waals surface area contributed by atoms with Gasteiger partial charge in [-0.15, -0.1) is 11.3 Å². The van der Waals surface area contributed by atoms with Gasteiger partial charge in [-0.25, -0.2) is 18.1 Å². The molecule has 2 heterocycles. The van der Waals surface area contributed by atoms with E-state index in [0.29, 0.717) is 39.0 Å². The number of aromatic nitrogens is 2. The summed E-state index contributed by atoms with van der Waals surface area (Å²) < 4.78 is 38.5. The number of hydrogen-bond acceptors (Lipinski definition) is 9. The predicted octanol–water partition coefficient (Wildman–Crippen LogP) is 3.87. The van der Waals surface area contributed by atoms with Crippen LogP contribution in [-0.4, -0.2) is 50.8 Å². The number of thioether (sulfide) groups is 1. The van der Waals surface area contributed by atoms with Gasteiger partial charge >= 0.3 is 0 Å². The first-order valence-corrected chi connectivity index (χ1v) is 15.1. The minimum Gasteiger partial charge on any atom is -0.493 e. The van der Waals surface area contributed by atoms with Gasteiger partial charge in [0.15, 0.2) is 16.7 Å². The second kappa shape index (κ2) is 12.2. The third-order valence-corrected chi connectivity index (χ3v) is 9.41. The van der Waals surface area contributed by atoms with E-state index in [1.165, 1.54) is 35.6 Å². The van der Waals surface area contributed by atoms with Crippen LogP contribution < -0.4 is 25.1 Å². The first kappa shape index (κ1) is 28.6. The molecule has 0 aliphatic carbocycles. The van der Waals surface area contributed by atoms with Crippen molar-refractivity contribution in [3.63, 3.8) is 0 Å². The fourth-order valence-electron chi connectivity index (χ4n) is 3.80. The monoisotopic (exact) mass is 588 g/mol. The zero-order valence-corrected chi connectivity index (χ0v) is 24.2. The number of carbonyl (C=O) groups is 1. The largest absolute Gasteiger partial charge is 0.493 e. The first-order chi connectivity index (χ1) is 18.6. The number of nitrogens with zero attached hydrogens (tertiary/aromatic N) is 1. The van der Waals surface area contributed by atoms with Crippen molar-refractivity contribution in [2.75, 3.05) is 31.8 Å². The molecule has 4 aromatic rings. The summed E-state index contributed by atoms with van der Waals surface area (Å²) >= 11 is 2.56. The first-order valence-electron chi connectivity index (χ1n) is 11.8. The fourth-order valence-corrected chi connectivity index (χ4v) is 6.58. The Labute approximate surface area is 234 Å². The van der Waals surface area contributed by atoms with Crippen LogP contribution in [0.15, 0.2) is 57.3 Å². The van der Waals surface area contributed by atoms with Crippen LogP contribution in [0.3, 0.4) is 0 Å². The molecule has 0 saturated heterocycles. The van der Waals surface area contributed by atoms with Crippen molar-refractivity contribution < 1.29 is 22.7 Å². The molecule has 0 radical (unpaired) electrons. The Balaban J connectivity index is 1.30. The molecule has 4 rings (SSSR count). The van der Waals surface area contributed by atoms with Crippen LogP contribution in [0.5, 0.6) is 11.5 Å². The number of rotatable bonds is 11. The van der Waals surface area contributed by atoms with E-state index >= 15 is 0 Å². The number of H-pyrrole nitrogens is 1. The standard InChI is InChI=1S/C26H28N4O6S3/c1-15-16(2)38-25-23(15)24(32)29-26(30-25)37-14-22(31)28-18-6-8-19(9-7-18)39(33,34)27-12-11-17-5-10-20(35-3)21(13-17)36-4/h5-10,13,27H,11-12,14H2,1-4H3,(H,28,31)(H,29,30,32). The Morgan fingerprint density at radius 2 is 1.79 bits per heavy atom. The molecular weight excluding hydrogens is 561 g/mol. The fraction of sp³-hybridized carbons (Fsp3) is 0.269. The lowest BCUT2D eigenvalue weighted by Crippen LogP contribution is -2.26. The molecule has 2 aromatic heterocycles. The van der Waals surface area contributed by atoms with E-state index in [2.05, 4.69) is 20.0 Å². The van der Waals surface area contributed by atoms with E-state index in [1.54, 1.807) is 26.4 Å². The molecule has 0 spiro atoms. The minimum atomic E-state index is -3.74. The Morgan fingerprint density at radius 1 is 1.08 bits per heavy atom. The van der Waals surface area contributed by atoms with E-state index in [-0.39, 0.29) is 28.7 Å². The van der Waals surface area contributed by atoms with Gasteiger partial charge in [-0.3, -0.25) is 9.59 Å². The summed E-state index contributed by atoms with van der Waals surface area (Å²) in [4.78, 5) is 33.8. The van der Waals surface area contributed by atoms with E-state index in [4.69, 9.17) is 9.47 Å². The lowest BCUT2D eigenvalue weighted by Gasteiger charge is -2.11. The highest BCUT2D eigenvalue weighted by molar-refractivity contribution is 7.99. The maximum atomic E-state index is 12.7. The van der Waals surface area contributed by atoms with Crippen LogP contribution in [0.25, 0.3) is 10.2 Å². The zero-order chi connectivity index (χ0) is 28.2. The highest BCUT2D eigenvalue weighted by Gasteiger charge is 2.15. The molecule has 0 saturated carbocycles. The van der Waals surface area contributed by atoms with Crippen molar-refractivity contribution in [1.29, 1.82) is 0 Å². The van der Waals surface area contributed by atoms with Gasteiger partial charge in [0, 0.05) is 17.1 Å². The number of amides is 1. The molecule has 1 amide bonds. The number of anilines is 1. The number of nitrogens with one attached hydrogen (secondary N) is 3. The molecule has 0 fully saturated rings. The van der Waals surface area contributed by atoms with E-state index in [9.17, 15) is 18.0 Å². The summed E-state index contributed by atoms with van der Waals surface area (Å²) in [5.74, 6) is 0.886. The van der Waals surface area contributed by atoms with Crippen molar-refractivity contribution in [3.05, 3.63) is 68.8 Å². The second-order valence-corrected chi connectivity index (χ2v) is 12.5. The van der Waals surface area contributed by atoms with Gasteiger partial charge < -0.3 is 19.8 Å². The number of carbonyl (C=O) groups excluding carboxylic acids is 1. The van der Waals surface area contributed by atoms with Crippen molar-refractivity contribution in [1.82, 2.24) is 14.7 Å². The molecule has 3 N–H and O–H groups in total. The molecule has 13 heteroatoms. The number of sulfonamides is 1. The molecule has 39 heavy (non-hydrogen) atoms. The van der Waals surface area contributed by atoms with Gasteiger partial charge in [0.2, 0.25) is 15.9 Å². The zero-order valence-electron chi connectivity index (χ0n) is 21.8. The summed E-state index contributed by atoms with van der Waals surface area (Å²) in [5.41, 5.74) is 2.04. The molecule has 2 aromatic carbocycles. The summed E-state index contributed by atoms with van der Waals surface area (Å²) in [6.45, 7) is 4.02. The van der Waals surface area contributed by atoms with Crippen molar-refractivity contribution in [3.8, 4) is 11.5 Å². The third kappa shape index (κ3) is 6.79. The van der Waals surface area contributed by atoms with Gasteiger partial charge in [-0.1, -0.05) is 17.8 Å². The van der Waals surface area contributed by atoms with E-state index < -0.39 is 10.0 Å². The molecule has 10 nitrogen and oxygen atoms in total. The summed E-state index contributed by atoms with van der Waals surface area (Å²) in [5, 5.41) is 3.67. The number of benzene rings is 2. The Morgan fingerprint density at radius 3 is 2.49 bits per heavy atom. The van der Waals surface area contributed by atoms with Gasteiger partial charge in [0.25, 0.3) is 5.56 Å². The Hall–Kier alpha value is -3.39. The lowest BCUT2D eigenvalue weighted by molar-refractivity contribution is -0.113. The van der Waals surface area contributed by atoms with Crippen LogP contribution in [0, 0.1) is 13.8 Å². The predicted molar refractivity (Wildman–Crippen MR) is 154 cm³/mol. The number of methoxy groups -OCH3 is 2. The number of aryl methyl sites for hydroxylation is 2. The summed E-state index contributed by atoms with van der Waals surface area (Å²) in [6, 6.07) is 11.3. The lowest BCUT2D eigenvalue weighted by atomic mass is 10.1. The van der Waals surface area contributed by atoms with Crippen molar-refractivity contribution in [2.24, 2.45) is 0 Å². The SMILES string of the molecule is COc1ccc(CCNS(=O)(=O)c2ccc(NC(=O)CSc3nc4sc(C)c(C)c4c(=O)[nH]3)cc2)cc1OC. The van der Waals surface area contributed by atoms with Gasteiger partial charge in [0.05, 0.1) is 30.3 Å². The van der Waals surface area contributed by atoms with Crippen molar-refractivity contribution in [2.45, 2.75) is 30.3 Å². The Kier molecular flexibility index (Phi) is 8.95. The number of ether oxygens (including phenoxy) is 2. The molecule has 0 bridgehead atoms. The minimum absolute atomic E-state index is 0.0234. The number of fused-ring (bicyclic) bond motifs is 1.